The zero-order chi connectivity index (χ0) is 13.5. The van der Waals surface area contributed by atoms with Gasteiger partial charge in [0.05, 0.1) is 8.84 Å². The van der Waals surface area contributed by atoms with Gasteiger partial charge in [-0.2, -0.15) is 0 Å². The summed E-state index contributed by atoms with van der Waals surface area (Å²) < 4.78 is 6.21. The van der Waals surface area contributed by atoms with Gasteiger partial charge < -0.3 is 4.74 Å². The molecular formula is C17H15IO2. The molecule has 4 atom stereocenters. The van der Waals surface area contributed by atoms with Crippen LogP contribution < -0.4 is 4.74 Å². The minimum Gasteiger partial charge on any atom is -0.481 e. The number of allylic oxidation sites excluding steroid dienone is 1. The van der Waals surface area contributed by atoms with Gasteiger partial charge in [0.1, 0.15) is 5.75 Å². The fourth-order valence-electron chi connectivity index (χ4n) is 5.14. The molecule has 1 aromatic carbocycles. The highest BCUT2D eigenvalue weighted by atomic mass is 127. The average Bonchev–Trinajstić information content (AvgIpc) is 2.76. The lowest BCUT2D eigenvalue weighted by molar-refractivity contribution is -0.125. The Bertz CT molecular complexity index is 680. The number of ketones is 1. The first kappa shape index (κ1) is 11.8. The van der Waals surface area contributed by atoms with Gasteiger partial charge in [0.25, 0.3) is 0 Å². The zero-order valence-corrected chi connectivity index (χ0v) is 13.2. The third-order valence-electron chi connectivity index (χ3n) is 5.87. The summed E-state index contributed by atoms with van der Waals surface area (Å²) in [5, 5.41) is 0. The molecule has 3 aliphatic carbocycles. The van der Waals surface area contributed by atoms with Crippen LogP contribution in [0.25, 0.3) is 0 Å². The molecule has 102 valence electrons. The van der Waals surface area contributed by atoms with Gasteiger partial charge in [0.2, 0.25) is 0 Å². The first-order valence-electron chi connectivity index (χ1n) is 7.38. The van der Waals surface area contributed by atoms with Gasteiger partial charge in [-0.15, -0.1) is 0 Å². The maximum Gasteiger partial charge on any atom is 0.196 e. The molecule has 1 fully saturated rings. The van der Waals surface area contributed by atoms with Crippen molar-refractivity contribution in [1.29, 1.82) is 0 Å². The predicted molar refractivity (Wildman–Crippen MR) is 84.5 cm³/mol. The fourth-order valence-corrected chi connectivity index (χ4v) is 6.68. The van der Waals surface area contributed by atoms with E-state index in [0.717, 1.165) is 18.6 Å². The standard InChI is InChI=1S/C17H15IO2/c18-17-8-6-12(19)15-16(17)7-2-4-11(17)9-10-3-1-5-13(20-15)14(10)16/h1,3,5-6,8,11,15H,2,4,7,9H2/t11-,15+,16+,17-/m1/s1. The van der Waals surface area contributed by atoms with E-state index in [0.29, 0.717) is 5.92 Å². The smallest absolute Gasteiger partial charge is 0.196 e. The minimum atomic E-state index is -0.288. The van der Waals surface area contributed by atoms with Gasteiger partial charge in [-0.3, -0.25) is 4.79 Å². The lowest BCUT2D eigenvalue weighted by Gasteiger charge is -2.57. The van der Waals surface area contributed by atoms with Crippen LogP contribution in [0.5, 0.6) is 5.75 Å². The van der Waals surface area contributed by atoms with E-state index in [1.807, 2.05) is 6.07 Å². The zero-order valence-electron chi connectivity index (χ0n) is 11.1. The normalized spacial score (nSPS) is 43.1. The van der Waals surface area contributed by atoms with Gasteiger partial charge in [-0.1, -0.05) is 47.2 Å². The Morgan fingerprint density at radius 1 is 1.35 bits per heavy atom. The van der Waals surface area contributed by atoms with Gasteiger partial charge in [0, 0.05) is 5.56 Å². The molecule has 0 amide bonds. The molecule has 0 unspecified atom stereocenters. The maximum atomic E-state index is 12.4. The van der Waals surface area contributed by atoms with Crippen LogP contribution >= 0.6 is 22.6 Å². The van der Waals surface area contributed by atoms with E-state index in [-0.39, 0.29) is 20.7 Å². The SMILES string of the molecule is O=C1C=C[C@@]2(I)[C@@H]3CCC[C@@]24c2c(cccc2O[C@@H]14)C3. The number of alkyl halides is 1. The van der Waals surface area contributed by atoms with E-state index in [9.17, 15) is 4.79 Å². The van der Waals surface area contributed by atoms with E-state index in [4.69, 9.17) is 4.74 Å². The van der Waals surface area contributed by atoms with Gasteiger partial charge in [-0.05, 0) is 42.9 Å². The fraction of sp³-hybridized carbons (Fsp3) is 0.471. The average molecular weight is 378 g/mol. The van der Waals surface area contributed by atoms with Crippen LogP contribution in [0.4, 0.5) is 0 Å². The molecular weight excluding hydrogens is 363 g/mol. The topological polar surface area (TPSA) is 26.3 Å². The summed E-state index contributed by atoms with van der Waals surface area (Å²) in [5.41, 5.74) is 2.67. The Balaban J connectivity index is 1.92. The molecule has 1 aromatic rings. The first-order valence-corrected chi connectivity index (χ1v) is 8.46. The molecule has 2 bridgehead atoms. The Hall–Kier alpha value is -0.840. The number of halogens is 1. The van der Waals surface area contributed by atoms with E-state index < -0.39 is 0 Å². The van der Waals surface area contributed by atoms with Gasteiger partial charge in [-0.25, -0.2) is 0 Å². The summed E-state index contributed by atoms with van der Waals surface area (Å²) in [6, 6.07) is 6.37. The van der Waals surface area contributed by atoms with Crippen molar-refractivity contribution in [1.82, 2.24) is 0 Å². The van der Waals surface area contributed by atoms with Crippen molar-refractivity contribution in [3.05, 3.63) is 41.5 Å². The van der Waals surface area contributed by atoms with Crippen molar-refractivity contribution in [2.45, 2.75) is 40.6 Å². The molecule has 3 heteroatoms. The molecule has 0 radical (unpaired) electrons. The van der Waals surface area contributed by atoms with Crippen LogP contribution in [0.3, 0.4) is 0 Å². The van der Waals surface area contributed by atoms with E-state index in [2.05, 4.69) is 40.8 Å². The molecule has 20 heavy (non-hydrogen) atoms. The largest absolute Gasteiger partial charge is 0.481 e. The number of rotatable bonds is 0. The molecule has 5 rings (SSSR count). The number of carbonyl (C=O) groups excluding carboxylic acids is 1. The molecule has 0 aromatic heterocycles. The Morgan fingerprint density at radius 2 is 2.25 bits per heavy atom. The van der Waals surface area contributed by atoms with Crippen molar-refractivity contribution in [3.63, 3.8) is 0 Å². The second-order valence-electron chi connectivity index (χ2n) is 6.56. The molecule has 1 spiro atoms. The second kappa shape index (κ2) is 3.49. The van der Waals surface area contributed by atoms with Crippen molar-refractivity contribution in [2.75, 3.05) is 0 Å². The lowest BCUT2D eigenvalue weighted by atomic mass is 9.50. The highest BCUT2D eigenvalue weighted by Crippen LogP contribution is 2.67. The molecule has 1 aliphatic heterocycles. The molecule has 1 heterocycles. The number of hydrogen-bond acceptors (Lipinski definition) is 2. The monoisotopic (exact) mass is 378 g/mol. The van der Waals surface area contributed by atoms with Crippen molar-refractivity contribution >= 4 is 28.4 Å². The second-order valence-corrected chi connectivity index (χ2v) is 8.34. The van der Waals surface area contributed by atoms with Crippen LogP contribution in [0, 0.1) is 5.92 Å². The quantitative estimate of drug-likeness (QED) is 0.511. The van der Waals surface area contributed by atoms with Crippen LogP contribution in [-0.4, -0.2) is 15.3 Å². The maximum absolute atomic E-state index is 12.4. The highest BCUT2D eigenvalue weighted by Gasteiger charge is 2.69. The van der Waals surface area contributed by atoms with Crippen LogP contribution in [0.15, 0.2) is 30.4 Å². The summed E-state index contributed by atoms with van der Waals surface area (Å²) in [6.07, 6.45) is 8.38. The molecule has 0 N–H and O–H groups in total. The Kier molecular flexibility index (Phi) is 2.05. The molecule has 1 saturated carbocycles. The molecule has 4 aliphatic rings. The molecule has 2 nitrogen and oxygen atoms in total. The van der Waals surface area contributed by atoms with E-state index >= 15 is 0 Å². The summed E-state index contributed by atoms with van der Waals surface area (Å²) in [6.45, 7) is 0. The van der Waals surface area contributed by atoms with Crippen LogP contribution in [0.1, 0.15) is 30.4 Å². The van der Waals surface area contributed by atoms with Gasteiger partial charge >= 0.3 is 0 Å². The minimum absolute atomic E-state index is 0.0567. The van der Waals surface area contributed by atoms with Crippen LogP contribution in [-0.2, 0) is 16.6 Å². The Labute approximate surface area is 131 Å². The van der Waals surface area contributed by atoms with Crippen molar-refractivity contribution in [2.24, 2.45) is 5.92 Å². The third-order valence-corrected chi connectivity index (χ3v) is 8.07. The van der Waals surface area contributed by atoms with Gasteiger partial charge in [0.15, 0.2) is 11.9 Å². The number of ether oxygens (including phenoxy) is 1. The van der Waals surface area contributed by atoms with E-state index in [1.165, 1.54) is 24.0 Å². The number of benzene rings is 1. The van der Waals surface area contributed by atoms with Crippen LogP contribution in [0.2, 0.25) is 0 Å². The first-order chi connectivity index (χ1) is 9.67. The summed E-state index contributed by atoms with van der Waals surface area (Å²) >= 11 is 2.63. The van der Waals surface area contributed by atoms with Crippen molar-refractivity contribution in [3.8, 4) is 5.75 Å². The predicted octanol–water partition coefficient (Wildman–Crippen LogP) is 3.35. The van der Waals surface area contributed by atoms with Crippen molar-refractivity contribution < 1.29 is 9.53 Å². The summed E-state index contributed by atoms with van der Waals surface area (Å²) in [5.74, 6) is 1.75. The number of carbonyl (C=O) groups is 1. The summed E-state index contributed by atoms with van der Waals surface area (Å²) in [4.78, 5) is 12.4. The molecule has 0 saturated heterocycles. The Morgan fingerprint density at radius 3 is 3.15 bits per heavy atom. The summed E-state index contributed by atoms with van der Waals surface area (Å²) in [7, 11) is 0. The third kappa shape index (κ3) is 1.06. The number of hydrogen-bond donors (Lipinski definition) is 0. The van der Waals surface area contributed by atoms with E-state index in [1.54, 1.807) is 6.08 Å². The lowest BCUT2D eigenvalue weighted by Crippen LogP contribution is -2.65. The highest BCUT2D eigenvalue weighted by molar-refractivity contribution is 14.1.